The fraction of sp³-hybridized carbons (Fsp3) is 0. The Bertz CT molecular complexity index is 2780. The second-order valence-corrected chi connectivity index (χ2v) is 13.0. The van der Waals surface area contributed by atoms with Crippen LogP contribution >= 0.6 is 11.3 Å². The number of nitrogens with zero attached hydrogens (tertiary/aromatic N) is 2. The second kappa shape index (κ2) is 10.7. The summed E-state index contributed by atoms with van der Waals surface area (Å²) in [6.45, 7) is 0. The van der Waals surface area contributed by atoms with Crippen molar-refractivity contribution in [1.29, 1.82) is 0 Å². The minimum Gasteiger partial charge on any atom is -0.456 e. The highest BCUT2D eigenvalue weighted by molar-refractivity contribution is 7.26. The molecule has 0 bridgehead atoms. The van der Waals surface area contributed by atoms with Crippen molar-refractivity contribution in [2.45, 2.75) is 0 Å². The highest BCUT2D eigenvalue weighted by Gasteiger charge is 2.20. The number of furan rings is 1. The van der Waals surface area contributed by atoms with Crippen molar-refractivity contribution < 1.29 is 8.83 Å². The molecule has 0 saturated heterocycles. The van der Waals surface area contributed by atoms with Gasteiger partial charge in [-0.3, -0.25) is 0 Å². The average molecular weight is 635 g/mol. The van der Waals surface area contributed by atoms with Crippen molar-refractivity contribution in [2.24, 2.45) is 0 Å². The maximum atomic E-state index is 6.39. The largest absolute Gasteiger partial charge is 0.456 e. The minimum absolute atomic E-state index is 0.602. The van der Waals surface area contributed by atoms with Crippen LogP contribution in [-0.4, -0.2) is 4.98 Å². The fourth-order valence-electron chi connectivity index (χ4n) is 6.80. The van der Waals surface area contributed by atoms with E-state index in [9.17, 15) is 0 Å². The van der Waals surface area contributed by atoms with E-state index in [0.29, 0.717) is 11.5 Å². The molecular weight excluding hydrogens is 609 g/mol. The Kier molecular flexibility index (Phi) is 6.01. The summed E-state index contributed by atoms with van der Waals surface area (Å²) in [5.74, 6) is 0.602. The van der Waals surface area contributed by atoms with Crippen molar-refractivity contribution in [3.63, 3.8) is 0 Å². The smallest absolute Gasteiger partial charge is 0.227 e. The molecule has 0 radical (unpaired) electrons. The zero-order chi connectivity index (χ0) is 31.6. The van der Waals surface area contributed by atoms with Crippen molar-refractivity contribution in [2.75, 3.05) is 4.90 Å². The first kappa shape index (κ1) is 27.0. The maximum Gasteiger partial charge on any atom is 0.227 e. The molecule has 3 heterocycles. The quantitative estimate of drug-likeness (QED) is 0.189. The summed E-state index contributed by atoms with van der Waals surface area (Å²) in [7, 11) is 0. The molecule has 4 nitrogen and oxygen atoms in total. The molecule has 0 amide bonds. The van der Waals surface area contributed by atoms with Crippen LogP contribution in [-0.2, 0) is 0 Å². The molecule has 10 rings (SSSR count). The number of aromatic nitrogens is 1. The number of anilines is 3. The molecule has 0 spiro atoms. The van der Waals surface area contributed by atoms with Crippen LogP contribution in [0.2, 0.25) is 0 Å². The summed E-state index contributed by atoms with van der Waals surface area (Å²) in [4.78, 5) is 7.21. The lowest BCUT2D eigenvalue weighted by Gasteiger charge is -2.26. The maximum absolute atomic E-state index is 6.39. The summed E-state index contributed by atoms with van der Waals surface area (Å²) >= 11 is 1.84. The van der Waals surface area contributed by atoms with Crippen molar-refractivity contribution in [3.8, 4) is 22.6 Å². The van der Waals surface area contributed by atoms with Crippen LogP contribution in [0.4, 0.5) is 17.1 Å². The van der Waals surface area contributed by atoms with Crippen LogP contribution in [0.3, 0.4) is 0 Å². The molecule has 226 valence electrons. The zero-order valence-electron chi connectivity index (χ0n) is 25.6. The van der Waals surface area contributed by atoms with Gasteiger partial charge in [0.2, 0.25) is 5.89 Å². The van der Waals surface area contributed by atoms with E-state index in [-0.39, 0.29) is 0 Å². The second-order valence-electron chi connectivity index (χ2n) is 12.0. The third kappa shape index (κ3) is 4.33. The molecule has 0 N–H and O–H groups in total. The van der Waals surface area contributed by atoms with Gasteiger partial charge in [-0.2, -0.15) is 0 Å². The monoisotopic (exact) mass is 634 g/mol. The van der Waals surface area contributed by atoms with Crippen LogP contribution < -0.4 is 4.90 Å². The third-order valence-corrected chi connectivity index (χ3v) is 10.3. The van der Waals surface area contributed by atoms with Gasteiger partial charge in [0.15, 0.2) is 5.58 Å². The van der Waals surface area contributed by atoms with Gasteiger partial charge in [0.25, 0.3) is 0 Å². The SMILES string of the molecule is c1ccc(-c2ccc(N(c3ccc4oc5cc6oc(-c7ccccc7)nc6cc5c4c3)c3cccc4c3sc3ccccc34)cc2)cc1. The Labute approximate surface area is 279 Å². The van der Waals surface area contributed by atoms with E-state index in [2.05, 4.69) is 126 Å². The first-order chi connectivity index (χ1) is 23.8. The minimum atomic E-state index is 0.602. The fourth-order valence-corrected chi connectivity index (χ4v) is 8.00. The van der Waals surface area contributed by atoms with Gasteiger partial charge in [0.1, 0.15) is 16.7 Å². The summed E-state index contributed by atoms with van der Waals surface area (Å²) in [5.41, 5.74) is 9.70. The Hall–Kier alpha value is -6.17. The van der Waals surface area contributed by atoms with Crippen molar-refractivity contribution in [1.82, 2.24) is 4.98 Å². The van der Waals surface area contributed by atoms with Gasteiger partial charge in [-0.1, -0.05) is 91.0 Å². The number of benzene rings is 7. The Morgan fingerprint density at radius 3 is 1.98 bits per heavy atom. The van der Waals surface area contributed by atoms with Crippen LogP contribution in [0.5, 0.6) is 0 Å². The molecule has 48 heavy (non-hydrogen) atoms. The Balaban J connectivity index is 1.17. The van der Waals surface area contributed by atoms with Gasteiger partial charge < -0.3 is 13.7 Å². The molecule has 5 heteroatoms. The van der Waals surface area contributed by atoms with Gasteiger partial charge >= 0.3 is 0 Å². The molecule has 0 aliphatic carbocycles. The predicted octanol–water partition coefficient (Wildman–Crippen LogP) is 12.9. The highest BCUT2D eigenvalue weighted by atomic mass is 32.1. The van der Waals surface area contributed by atoms with Crippen molar-refractivity contribution in [3.05, 3.63) is 158 Å². The predicted molar refractivity (Wildman–Crippen MR) is 200 cm³/mol. The molecule has 0 saturated carbocycles. The standard InChI is InChI=1S/C43H26N2O2S/c1-3-10-27(11-4-1)28-18-20-30(21-19-28)45(37-16-9-15-33-32-14-7-8-17-41(32)48-42(33)37)31-22-23-38-34(24-31)35-25-36-40(26-39(35)46-38)47-43(44-36)29-12-5-2-6-13-29/h1-26H. The number of hydrogen-bond acceptors (Lipinski definition) is 5. The van der Waals surface area contributed by atoms with E-state index in [1.54, 1.807) is 0 Å². The van der Waals surface area contributed by atoms with E-state index in [1.807, 2.05) is 47.7 Å². The van der Waals surface area contributed by atoms with E-state index < -0.39 is 0 Å². The van der Waals surface area contributed by atoms with Crippen LogP contribution in [0.1, 0.15) is 0 Å². The first-order valence-electron chi connectivity index (χ1n) is 15.9. The molecule has 0 atom stereocenters. The summed E-state index contributed by atoms with van der Waals surface area (Å²) < 4.78 is 15.1. The lowest BCUT2D eigenvalue weighted by molar-refractivity contribution is 0.617. The molecule has 0 aliphatic heterocycles. The molecule has 7 aromatic carbocycles. The van der Waals surface area contributed by atoms with E-state index >= 15 is 0 Å². The molecule has 10 aromatic rings. The van der Waals surface area contributed by atoms with Gasteiger partial charge in [-0.05, 0) is 71.8 Å². The third-order valence-electron chi connectivity index (χ3n) is 9.10. The lowest BCUT2D eigenvalue weighted by atomic mass is 10.0. The Morgan fingerprint density at radius 1 is 0.458 bits per heavy atom. The number of fused-ring (bicyclic) bond motifs is 7. The molecular formula is C43H26N2O2S. The molecule has 0 unspecified atom stereocenters. The zero-order valence-corrected chi connectivity index (χ0v) is 26.4. The van der Waals surface area contributed by atoms with Crippen LogP contribution in [0.25, 0.3) is 75.8 Å². The topological polar surface area (TPSA) is 42.4 Å². The number of oxazole rings is 1. The van der Waals surface area contributed by atoms with Crippen LogP contribution in [0, 0.1) is 0 Å². The normalized spacial score (nSPS) is 11.8. The average Bonchev–Trinajstić information content (AvgIpc) is 3.85. The summed E-state index contributed by atoms with van der Waals surface area (Å²) in [5, 5.41) is 4.58. The van der Waals surface area contributed by atoms with Gasteiger partial charge in [0, 0.05) is 49.2 Å². The van der Waals surface area contributed by atoms with Gasteiger partial charge in [0.05, 0.1) is 10.4 Å². The summed E-state index contributed by atoms with van der Waals surface area (Å²) in [6, 6.07) is 55.2. The summed E-state index contributed by atoms with van der Waals surface area (Å²) in [6.07, 6.45) is 0. The first-order valence-corrected chi connectivity index (χ1v) is 16.8. The molecule has 0 aliphatic rings. The van der Waals surface area contributed by atoms with Gasteiger partial charge in [-0.15, -0.1) is 11.3 Å². The van der Waals surface area contributed by atoms with E-state index in [0.717, 1.165) is 50.1 Å². The van der Waals surface area contributed by atoms with E-state index in [1.165, 1.54) is 31.3 Å². The van der Waals surface area contributed by atoms with Crippen LogP contribution in [0.15, 0.2) is 167 Å². The number of hydrogen-bond donors (Lipinski definition) is 0. The van der Waals surface area contributed by atoms with Crippen molar-refractivity contribution >= 4 is 81.6 Å². The lowest BCUT2D eigenvalue weighted by Crippen LogP contribution is -2.10. The Morgan fingerprint density at radius 2 is 1.15 bits per heavy atom. The highest BCUT2D eigenvalue weighted by Crippen LogP contribution is 2.46. The number of thiophene rings is 1. The number of rotatable bonds is 5. The van der Waals surface area contributed by atoms with E-state index in [4.69, 9.17) is 13.8 Å². The molecule has 3 aromatic heterocycles. The molecule has 0 fully saturated rings. The van der Waals surface area contributed by atoms with Gasteiger partial charge in [-0.25, -0.2) is 4.98 Å².